The molecule has 0 unspecified atom stereocenters. The second-order valence-electron chi connectivity index (χ2n) is 6.04. The smallest absolute Gasteiger partial charge is 0.338 e. The summed E-state index contributed by atoms with van der Waals surface area (Å²) in [6, 6.07) is 6.59. The molecule has 1 saturated heterocycles. The summed E-state index contributed by atoms with van der Waals surface area (Å²) < 4.78 is 6.65. The van der Waals surface area contributed by atoms with Gasteiger partial charge >= 0.3 is 5.97 Å². The third kappa shape index (κ3) is 4.05. The van der Waals surface area contributed by atoms with Gasteiger partial charge in [0.05, 0.1) is 17.2 Å². The van der Waals surface area contributed by atoms with E-state index in [1.807, 2.05) is 0 Å². The van der Waals surface area contributed by atoms with Gasteiger partial charge in [-0.3, -0.25) is 9.59 Å². The van der Waals surface area contributed by atoms with Crippen molar-refractivity contribution in [3.63, 3.8) is 0 Å². The van der Waals surface area contributed by atoms with E-state index < -0.39 is 11.9 Å². The summed E-state index contributed by atoms with van der Waals surface area (Å²) >= 11 is 0. The van der Waals surface area contributed by atoms with E-state index in [0.717, 1.165) is 5.69 Å². The van der Waals surface area contributed by atoms with Gasteiger partial charge in [-0.15, -0.1) is 0 Å². The fourth-order valence-electron chi connectivity index (χ4n) is 2.83. The van der Waals surface area contributed by atoms with Crippen LogP contribution in [0.15, 0.2) is 36.9 Å². The van der Waals surface area contributed by atoms with Crippen LogP contribution in [0.3, 0.4) is 0 Å². The van der Waals surface area contributed by atoms with Crippen LogP contribution in [0.1, 0.15) is 23.2 Å². The zero-order valence-corrected chi connectivity index (χ0v) is 14.1. The molecule has 1 atom stereocenters. The number of primary amides is 1. The molecule has 2 N–H and O–H groups in total. The van der Waals surface area contributed by atoms with Crippen molar-refractivity contribution in [2.45, 2.75) is 12.8 Å². The molecule has 2 aromatic rings. The van der Waals surface area contributed by atoms with Gasteiger partial charge in [0.25, 0.3) is 5.91 Å². The Morgan fingerprint density at radius 3 is 2.65 bits per heavy atom. The van der Waals surface area contributed by atoms with Gasteiger partial charge in [-0.25, -0.2) is 14.5 Å². The number of benzene rings is 1. The fraction of sp³-hybridized carbons (Fsp3) is 0.353. The standard InChI is InChI=1S/C17H19N5O4/c18-16(24)13-2-1-7-21(8-13)15(23)9-26-17(25)12-3-5-14(6-4-12)22-11-19-10-20-22/h3-6,10-11,13H,1-2,7-9H2,(H2,18,24)/t13-/m1/s1. The van der Waals surface area contributed by atoms with Crippen molar-refractivity contribution < 1.29 is 19.1 Å². The summed E-state index contributed by atoms with van der Waals surface area (Å²) in [5.74, 6) is -1.67. The minimum absolute atomic E-state index is 0.276. The van der Waals surface area contributed by atoms with Crippen molar-refractivity contribution in [3.8, 4) is 5.69 Å². The van der Waals surface area contributed by atoms with Gasteiger partial charge in [0.2, 0.25) is 5.91 Å². The van der Waals surface area contributed by atoms with Crippen LogP contribution < -0.4 is 5.73 Å². The average molecular weight is 357 g/mol. The average Bonchev–Trinajstić information content (AvgIpc) is 3.21. The molecule has 1 fully saturated rings. The molecule has 1 aromatic heterocycles. The number of hydrogen-bond acceptors (Lipinski definition) is 6. The third-order valence-electron chi connectivity index (χ3n) is 4.29. The van der Waals surface area contributed by atoms with Crippen LogP contribution in [0.4, 0.5) is 0 Å². The first-order chi connectivity index (χ1) is 12.5. The molecule has 1 aliphatic rings. The van der Waals surface area contributed by atoms with Gasteiger partial charge in [-0.1, -0.05) is 0 Å². The molecule has 136 valence electrons. The van der Waals surface area contributed by atoms with Crippen molar-refractivity contribution in [2.24, 2.45) is 11.7 Å². The van der Waals surface area contributed by atoms with Gasteiger partial charge in [-0.05, 0) is 37.1 Å². The predicted molar refractivity (Wildman–Crippen MR) is 90.1 cm³/mol. The minimum atomic E-state index is -0.591. The van der Waals surface area contributed by atoms with E-state index in [9.17, 15) is 14.4 Å². The monoisotopic (exact) mass is 357 g/mol. The number of esters is 1. The Bertz CT molecular complexity index is 788. The number of carbonyl (C=O) groups is 3. The lowest BCUT2D eigenvalue weighted by Crippen LogP contribution is -2.45. The predicted octanol–water partition coefficient (Wildman–Crippen LogP) is 0.148. The van der Waals surface area contributed by atoms with Crippen LogP contribution in [-0.2, 0) is 14.3 Å². The van der Waals surface area contributed by atoms with Gasteiger partial charge < -0.3 is 15.4 Å². The Kier molecular flexibility index (Phi) is 5.26. The summed E-state index contributed by atoms with van der Waals surface area (Å²) in [5, 5.41) is 4.00. The molecule has 26 heavy (non-hydrogen) atoms. The van der Waals surface area contributed by atoms with Gasteiger partial charge in [0.15, 0.2) is 6.61 Å². The summed E-state index contributed by atoms with van der Waals surface area (Å²) in [7, 11) is 0. The van der Waals surface area contributed by atoms with Gasteiger partial charge in [-0.2, -0.15) is 5.10 Å². The van der Waals surface area contributed by atoms with Crippen molar-refractivity contribution in [1.82, 2.24) is 19.7 Å². The van der Waals surface area contributed by atoms with Crippen LogP contribution in [0, 0.1) is 5.92 Å². The SMILES string of the molecule is NC(=O)[C@@H]1CCCN(C(=O)COC(=O)c2ccc(-n3cncn3)cc2)C1. The molecule has 1 aromatic carbocycles. The highest BCUT2D eigenvalue weighted by Gasteiger charge is 2.27. The van der Waals surface area contributed by atoms with Crippen molar-refractivity contribution in [1.29, 1.82) is 0 Å². The molecule has 1 aliphatic heterocycles. The minimum Gasteiger partial charge on any atom is -0.452 e. The fourth-order valence-corrected chi connectivity index (χ4v) is 2.83. The number of piperidine rings is 1. The molecule has 0 spiro atoms. The summed E-state index contributed by atoms with van der Waals surface area (Å²) in [4.78, 5) is 40.9. The number of carbonyl (C=O) groups excluding carboxylic acids is 3. The van der Waals surface area contributed by atoms with Crippen LogP contribution in [-0.4, -0.2) is 57.1 Å². The number of aromatic nitrogens is 3. The first-order valence-electron chi connectivity index (χ1n) is 8.24. The van der Waals surface area contributed by atoms with Crippen LogP contribution in [0.25, 0.3) is 5.69 Å². The molecule has 0 saturated carbocycles. The highest BCUT2D eigenvalue weighted by Crippen LogP contribution is 2.16. The topological polar surface area (TPSA) is 120 Å². The van der Waals surface area contributed by atoms with E-state index in [0.29, 0.717) is 24.9 Å². The Balaban J connectivity index is 1.53. The second-order valence-corrected chi connectivity index (χ2v) is 6.04. The van der Waals surface area contributed by atoms with E-state index >= 15 is 0 Å². The Hall–Kier alpha value is -3.23. The van der Waals surface area contributed by atoms with E-state index in [1.165, 1.54) is 11.2 Å². The maximum Gasteiger partial charge on any atom is 0.338 e. The molecule has 0 bridgehead atoms. The number of nitrogens with two attached hydrogens (primary N) is 1. The van der Waals surface area contributed by atoms with Crippen LogP contribution in [0.2, 0.25) is 0 Å². The highest BCUT2D eigenvalue weighted by molar-refractivity contribution is 5.91. The second kappa shape index (κ2) is 7.77. The van der Waals surface area contributed by atoms with Gasteiger partial charge in [0.1, 0.15) is 12.7 Å². The number of amides is 2. The zero-order valence-electron chi connectivity index (χ0n) is 14.1. The number of ether oxygens (including phenoxy) is 1. The third-order valence-corrected chi connectivity index (χ3v) is 4.29. The first-order valence-corrected chi connectivity index (χ1v) is 8.24. The molecule has 9 heteroatoms. The Labute approximate surface area is 149 Å². The molecule has 0 radical (unpaired) electrons. The summed E-state index contributed by atoms with van der Waals surface area (Å²) in [5.41, 5.74) is 6.38. The molecule has 3 rings (SSSR count). The van der Waals surface area contributed by atoms with Crippen molar-refractivity contribution in [2.75, 3.05) is 19.7 Å². The maximum atomic E-state index is 12.2. The molecular formula is C17H19N5O4. The quantitative estimate of drug-likeness (QED) is 0.760. The lowest BCUT2D eigenvalue weighted by molar-refractivity contribution is -0.137. The summed E-state index contributed by atoms with van der Waals surface area (Å²) in [6.45, 7) is 0.445. The van der Waals surface area contributed by atoms with E-state index in [2.05, 4.69) is 10.1 Å². The van der Waals surface area contributed by atoms with E-state index in [4.69, 9.17) is 10.5 Å². The molecule has 0 aliphatic carbocycles. The molecule has 9 nitrogen and oxygen atoms in total. The highest BCUT2D eigenvalue weighted by atomic mass is 16.5. The Morgan fingerprint density at radius 2 is 2.00 bits per heavy atom. The lowest BCUT2D eigenvalue weighted by Gasteiger charge is -2.31. The molecular weight excluding hydrogens is 338 g/mol. The number of rotatable bonds is 5. The number of likely N-dealkylation sites (tertiary alicyclic amines) is 1. The normalized spacial score (nSPS) is 16.9. The molecule has 2 heterocycles. The van der Waals surface area contributed by atoms with Crippen LogP contribution >= 0.6 is 0 Å². The molecule has 2 amide bonds. The van der Waals surface area contributed by atoms with Crippen LogP contribution in [0.5, 0.6) is 0 Å². The summed E-state index contributed by atoms with van der Waals surface area (Å²) in [6.07, 6.45) is 4.34. The maximum absolute atomic E-state index is 12.2. The van der Waals surface area contributed by atoms with E-state index in [-0.39, 0.29) is 25.0 Å². The zero-order chi connectivity index (χ0) is 18.5. The largest absolute Gasteiger partial charge is 0.452 e. The first kappa shape index (κ1) is 17.6. The van der Waals surface area contributed by atoms with E-state index in [1.54, 1.807) is 35.3 Å². The lowest BCUT2D eigenvalue weighted by atomic mass is 9.97. The number of nitrogens with zero attached hydrogens (tertiary/aromatic N) is 4. The van der Waals surface area contributed by atoms with Crippen molar-refractivity contribution in [3.05, 3.63) is 42.5 Å². The Morgan fingerprint density at radius 1 is 1.23 bits per heavy atom. The number of hydrogen-bond donors (Lipinski definition) is 1. The van der Waals surface area contributed by atoms with Crippen molar-refractivity contribution >= 4 is 17.8 Å². The van der Waals surface area contributed by atoms with Gasteiger partial charge in [0, 0.05) is 13.1 Å².